The van der Waals surface area contributed by atoms with Gasteiger partial charge in [-0.15, -0.1) is 0 Å². The van der Waals surface area contributed by atoms with Crippen LogP contribution in [0.2, 0.25) is 0 Å². The van der Waals surface area contributed by atoms with Crippen LogP contribution in [0.4, 0.5) is 26.3 Å². The van der Waals surface area contributed by atoms with Crippen molar-refractivity contribution in [1.29, 1.82) is 0 Å². The van der Waals surface area contributed by atoms with Gasteiger partial charge in [0.05, 0.1) is 52.5 Å². The molecule has 4 aromatic carbocycles. The molecule has 2 aliphatic carbocycles. The van der Waals surface area contributed by atoms with Crippen LogP contribution in [0.3, 0.4) is 0 Å². The largest absolute Gasteiger partial charge is 0.478 e. The van der Waals surface area contributed by atoms with Gasteiger partial charge in [-0.2, -0.15) is 26.3 Å². The lowest BCUT2D eigenvalue weighted by atomic mass is 10.0. The Hall–Kier alpha value is -5.74. The molecular weight excluding hydrogens is 831 g/mol. The van der Waals surface area contributed by atoms with Gasteiger partial charge in [0.25, 0.3) is 0 Å². The maximum absolute atomic E-state index is 13.1. The van der Waals surface area contributed by atoms with Crippen LogP contribution >= 0.6 is 0 Å². The molecule has 63 heavy (non-hydrogen) atoms. The Labute approximate surface area is 360 Å². The third-order valence-corrected chi connectivity index (χ3v) is 12.4. The van der Waals surface area contributed by atoms with Gasteiger partial charge in [-0.1, -0.05) is 48.5 Å². The summed E-state index contributed by atoms with van der Waals surface area (Å²) in [5, 5.41) is 15.4. The lowest BCUT2D eigenvalue weighted by Crippen LogP contribution is -2.46. The maximum atomic E-state index is 13.1. The number of esters is 1. The number of carbonyl (C=O) groups excluding carboxylic acids is 3. The number of benzene rings is 4. The zero-order valence-electron chi connectivity index (χ0n) is 34.5. The second-order valence-corrected chi connectivity index (χ2v) is 16.7. The van der Waals surface area contributed by atoms with E-state index < -0.39 is 46.5 Å². The fourth-order valence-electron chi connectivity index (χ4n) is 8.53. The molecule has 2 heterocycles. The minimum absolute atomic E-state index is 0.0658. The number of nitrogens with one attached hydrogen (secondary N) is 2. The minimum atomic E-state index is -4.37. The van der Waals surface area contributed by atoms with E-state index in [4.69, 9.17) is 9.84 Å². The Morgan fingerprint density at radius 1 is 0.603 bits per heavy atom. The van der Waals surface area contributed by atoms with Crippen LogP contribution in [0.15, 0.2) is 97.1 Å². The molecule has 4 fully saturated rings. The first kappa shape index (κ1) is 45.3. The van der Waals surface area contributed by atoms with E-state index in [9.17, 15) is 45.5 Å². The Morgan fingerprint density at radius 3 is 1.29 bits per heavy atom. The number of hydrogen-bond acceptors (Lipinski definition) is 7. The SMILES string of the molecule is COC(=O)c1ccc(C2(NC(=O)C3CCCN3Cc3ccc(C(F)(F)F)cc3)CC2)cc1.O=C(O)c1ccc(C2(NC(=O)[C@H]3CCCN3Cc3ccc(C(F)(F)F)cc3)CC2)cc1. The summed E-state index contributed by atoms with van der Waals surface area (Å²) < 4.78 is 81.4. The van der Waals surface area contributed by atoms with Crippen LogP contribution in [0, 0.1) is 0 Å². The molecule has 2 atom stereocenters. The number of hydrogen-bond donors (Lipinski definition) is 3. The summed E-state index contributed by atoms with van der Waals surface area (Å²) in [4.78, 5) is 52.9. The molecule has 16 heteroatoms. The van der Waals surface area contributed by atoms with E-state index in [2.05, 4.69) is 10.6 Å². The third kappa shape index (κ3) is 10.7. The molecule has 2 aliphatic heterocycles. The molecule has 10 nitrogen and oxygen atoms in total. The van der Waals surface area contributed by atoms with Crippen molar-refractivity contribution in [3.8, 4) is 0 Å². The number of methoxy groups -OCH3 is 1. The predicted molar refractivity (Wildman–Crippen MR) is 219 cm³/mol. The molecule has 0 bridgehead atoms. The second-order valence-electron chi connectivity index (χ2n) is 16.7. The normalized spacial score (nSPS) is 20.2. The van der Waals surface area contributed by atoms with Crippen molar-refractivity contribution >= 4 is 23.8 Å². The van der Waals surface area contributed by atoms with Crippen molar-refractivity contribution in [2.24, 2.45) is 0 Å². The Balaban J connectivity index is 0.000000189. The van der Waals surface area contributed by atoms with Crippen LogP contribution in [0.1, 0.15) is 105 Å². The molecule has 0 radical (unpaired) electrons. The fourth-order valence-corrected chi connectivity index (χ4v) is 8.53. The van der Waals surface area contributed by atoms with Crippen molar-refractivity contribution in [3.63, 3.8) is 0 Å². The molecule has 334 valence electrons. The quantitative estimate of drug-likeness (QED) is 0.0957. The average Bonchev–Trinajstić information content (AvgIpc) is 4.11. The lowest BCUT2D eigenvalue weighted by molar-refractivity contribution is -0.138. The van der Waals surface area contributed by atoms with Crippen LogP contribution in [-0.4, -0.2) is 70.9 Å². The van der Waals surface area contributed by atoms with Gasteiger partial charge >= 0.3 is 24.3 Å². The number of halogens is 6. The summed E-state index contributed by atoms with van der Waals surface area (Å²) in [7, 11) is 1.33. The monoisotopic (exact) mass is 878 g/mol. The van der Waals surface area contributed by atoms with Gasteiger partial charge in [-0.3, -0.25) is 19.4 Å². The molecule has 2 amide bonds. The third-order valence-electron chi connectivity index (χ3n) is 12.4. The zero-order valence-corrected chi connectivity index (χ0v) is 34.5. The summed E-state index contributed by atoms with van der Waals surface area (Å²) >= 11 is 0. The van der Waals surface area contributed by atoms with E-state index in [1.54, 1.807) is 24.3 Å². The maximum Gasteiger partial charge on any atom is 0.416 e. The topological polar surface area (TPSA) is 128 Å². The number of aromatic carboxylic acids is 1. The average molecular weight is 879 g/mol. The molecule has 0 spiro atoms. The molecule has 2 saturated carbocycles. The van der Waals surface area contributed by atoms with Gasteiger partial charge in [0, 0.05) is 13.1 Å². The number of nitrogens with zero attached hydrogens (tertiary/aromatic N) is 2. The van der Waals surface area contributed by atoms with Crippen LogP contribution in [0.25, 0.3) is 0 Å². The van der Waals surface area contributed by atoms with E-state index in [0.717, 1.165) is 91.6 Å². The highest BCUT2D eigenvalue weighted by molar-refractivity contribution is 5.89. The van der Waals surface area contributed by atoms with Gasteiger partial charge in [0.1, 0.15) is 0 Å². The van der Waals surface area contributed by atoms with Crippen LogP contribution in [-0.2, 0) is 50.8 Å². The van der Waals surface area contributed by atoms with Crippen molar-refractivity contribution in [1.82, 2.24) is 20.4 Å². The van der Waals surface area contributed by atoms with Crippen molar-refractivity contribution in [3.05, 3.63) is 142 Å². The molecule has 4 aliphatic rings. The molecule has 0 aromatic heterocycles. The summed E-state index contributed by atoms with van der Waals surface area (Å²) in [6.07, 6.45) is -2.39. The Kier molecular flexibility index (Phi) is 13.1. The first-order valence-corrected chi connectivity index (χ1v) is 20.9. The highest BCUT2D eigenvalue weighted by Gasteiger charge is 2.49. The van der Waals surface area contributed by atoms with Gasteiger partial charge in [-0.05, 0) is 135 Å². The van der Waals surface area contributed by atoms with Crippen molar-refractivity contribution in [2.45, 2.75) is 100.0 Å². The number of likely N-dealkylation sites (tertiary alicyclic amines) is 2. The van der Waals surface area contributed by atoms with Gasteiger partial charge in [0.2, 0.25) is 11.8 Å². The standard InChI is InChI=1S/C24H25F3N2O3.C23H23F3N2O3/c1-32-22(31)17-6-10-18(11-7-17)23(12-13-23)28-21(30)20-3-2-14-29(20)15-16-4-8-19(9-5-16)24(25,26)27;24-23(25,26)18-7-3-15(4-8-18)14-28-13-1-2-19(28)20(29)27-22(11-12-22)17-9-5-16(6-10-17)21(30)31/h4-11,20H,2-3,12-15H2,1H3,(H,28,30);3-10,19H,1-2,11-14H2,(H,27,29)(H,30,31)/t;19-/m.1/s1. The number of carboxylic acids is 1. The molecule has 2 saturated heterocycles. The highest BCUT2D eigenvalue weighted by atomic mass is 19.4. The first-order valence-electron chi connectivity index (χ1n) is 20.9. The van der Waals surface area contributed by atoms with Gasteiger partial charge < -0.3 is 20.5 Å². The molecule has 8 rings (SSSR count). The lowest BCUT2D eigenvalue weighted by Gasteiger charge is -2.27. The van der Waals surface area contributed by atoms with E-state index in [1.165, 1.54) is 43.5 Å². The van der Waals surface area contributed by atoms with E-state index in [0.29, 0.717) is 38.0 Å². The van der Waals surface area contributed by atoms with E-state index in [-0.39, 0.29) is 29.5 Å². The number of ether oxygens (including phenoxy) is 1. The summed E-state index contributed by atoms with van der Waals surface area (Å²) in [6.45, 7) is 2.27. The van der Waals surface area contributed by atoms with Crippen LogP contribution < -0.4 is 10.6 Å². The van der Waals surface area contributed by atoms with Crippen molar-refractivity contribution in [2.75, 3.05) is 20.2 Å². The summed E-state index contributed by atoms with van der Waals surface area (Å²) in [6, 6.07) is 23.2. The predicted octanol–water partition coefficient (Wildman–Crippen LogP) is 8.44. The minimum Gasteiger partial charge on any atom is -0.478 e. The fraction of sp³-hybridized carbons (Fsp3) is 0.404. The molecule has 1 unspecified atom stereocenters. The molecule has 3 N–H and O–H groups in total. The molecule has 4 aromatic rings. The van der Waals surface area contributed by atoms with E-state index in [1.807, 2.05) is 21.9 Å². The van der Waals surface area contributed by atoms with Gasteiger partial charge in [-0.25, -0.2) is 9.59 Å². The highest BCUT2D eigenvalue weighted by Crippen LogP contribution is 2.47. The molecular formula is C47H48F6N4O6. The van der Waals surface area contributed by atoms with Crippen molar-refractivity contribution < 1.29 is 55.4 Å². The van der Waals surface area contributed by atoms with Crippen LogP contribution in [0.5, 0.6) is 0 Å². The van der Waals surface area contributed by atoms with Gasteiger partial charge in [0.15, 0.2) is 0 Å². The number of carboxylic acid groups (broad SMARTS) is 1. The smallest absolute Gasteiger partial charge is 0.416 e. The number of rotatable bonds is 12. The second kappa shape index (κ2) is 18.2. The Morgan fingerprint density at radius 2 is 0.968 bits per heavy atom. The zero-order chi connectivity index (χ0) is 45.2. The first-order chi connectivity index (χ1) is 29.9. The number of amides is 2. The number of carbonyl (C=O) groups is 4. The van der Waals surface area contributed by atoms with E-state index >= 15 is 0 Å². The summed E-state index contributed by atoms with van der Waals surface area (Å²) in [5.41, 5.74) is 1.73. The summed E-state index contributed by atoms with van der Waals surface area (Å²) in [5.74, 6) is -1.56. The number of alkyl halides is 6. The Bertz CT molecular complexity index is 2270.